The average molecular weight is 424 g/mol. The van der Waals surface area contributed by atoms with Crippen LogP contribution in [0.25, 0.3) is 0 Å². The first-order chi connectivity index (χ1) is 13.8. The quantitative estimate of drug-likeness (QED) is 0.544. The molecule has 1 aromatic heterocycles. The second-order valence-electron chi connectivity index (χ2n) is 10.8. The van der Waals surface area contributed by atoms with Crippen LogP contribution in [0.5, 0.6) is 0 Å². The van der Waals surface area contributed by atoms with Gasteiger partial charge in [0.1, 0.15) is 16.9 Å². The van der Waals surface area contributed by atoms with Crippen molar-refractivity contribution in [3.05, 3.63) is 17.0 Å². The predicted molar refractivity (Wildman–Crippen MR) is 113 cm³/mol. The van der Waals surface area contributed by atoms with E-state index in [1.807, 2.05) is 0 Å². The summed E-state index contributed by atoms with van der Waals surface area (Å²) in [7, 11) is 0. The molecule has 7 heteroatoms. The molecule has 1 fully saturated rings. The molecule has 1 aromatic rings. The van der Waals surface area contributed by atoms with E-state index in [1.165, 1.54) is 0 Å². The molecule has 30 heavy (non-hydrogen) atoms. The largest absolute Gasteiger partial charge is 0.477 e. The smallest absolute Gasteiger partial charge is 0.341 e. The van der Waals surface area contributed by atoms with Crippen molar-refractivity contribution in [1.82, 2.24) is 5.16 Å². The number of aromatic carboxylic acids is 1. The topological polar surface area (TPSA) is 110 Å². The van der Waals surface area contributed by atoms with Gasteiger partial charge in [-0.1, -0.05) is 25.9 Å². The molecule has 170 valence electrons. The number of esters is 1. The highest BCUT2D eigenvalue weighted by molar-refractivity contribution is 5.90. The Morgan fingerprint density at radius 1 is 1.20 bits per heavy atom. The van der Waals surface area contributed by atoms with E-state index in [0.29, 0.717) is 24.5 Å². The number of hydrogen-bond acceptors (Lipinski definition) is 6. The molecule has 0 aliphatic heterocycles. The van der Waals surface area contributed by atoms with Gasteiger partial charge in [-0.2, -0.15) is 0 Å². The fourth-order valence-corrected chi connectivity index (χ4v) is 4.33. The van der Waals surface area contributed by atoms with Gasteiger partial charge in [0, 0.05) is 18.4 Å². The highest BCUT2D eigenvalue weighted by Crippen LogP contribution is 2.48. The van der Waals surface area contributed by atoms with E-state index in [1.54, 1.807) is 20.8 Å². The molecule has 0 saturated heterocycles. The van der Waals surface area contributed by atoms with Crippen molar-refractivity contribution in [3.8, 4) is 0 Å². The summed E-state index contributed by atoms with van der Waals surface area (Å²) in [6.45, 7) is 11.9. The van der Waals surface area contributed by atoms with Gasteiger partial charge in [0.05, 0.1) is 6.42 Å². The van der Waals surface area contributed by atoms with Gasteiger partial charge in [0.2, 0.25) is 0 Å². The minimum Gasteiger partial charge on any atom is -0.477 e. The number of ether oxygens (including phenoxy) is 1. The highest BCUT2D eigenvalue weighted by Gasteiger charge is 2.40. The number of carboxylic acids is 1. The maximum absolute atomic E-state index is 12.4. The number of aliphatic hydroxyl groups excluding tert-OH is 1. The number of nitrogens with zero attached hydrogens (tertiary/aromatic N) is 1. The van der Waals surface area contributed by atoms with E-state index in [-0.39, 0.29) is 35.6 Å². The van der Waals surface area contributed by atoms with E-state index in [2.05, 4.69) is 25.9 Å². The van der Waals surface area contributed by atoms with Crippen molar-refractivity contribution in [2.24, 2.45) is 11.3 Å². The molecule has 2 N–H and O–H groups in total. The number of aromatic nitrogens is 1. The van der Waals surface area contributed by atoms with Crippen molar-refractivity contribution in [1.29, 1.82) is 0 Å². The molecule has 0 radical (unpaired) electrons. The monoisotopic (exact) mass is 423 g/mol. The molecule has 1 aliphatic rings. The van der Waals surface area contributed by atoms with Gasteiger partial charge >= 0.3 is 11.9 Å². The van der Waals surface area contributed by atoms with Crippen molar-refractivity contribution in [2.75, 3.05) is 6.61 Å². The van der Waals surface area contributed by atoms with Crippen molar-refractivity contribution in [3.63, 3.8) is 0 Å². The number of carbonyl (C=O) groups excluding carboxylic acids is 1. The summed E-state index contributed by atoms with van der Waals surface area (Å²) < 4.78 is 10.9. The summed E-state index contributed by atoms with van der Waals surface area (Å²) in [5, 5.41) is 23.2. The van der Waals surface area contributed by atoms with E-state index >= 15 is 0 Å². The number of rotatable bonds is 9. The summed E-state index contributed by atoms with van der Waals surface area (Å²) in [4.78, 5) is 24.5. The fourth-order valence-electron chi connectivity index (χ4n) is 4.33. The normalized spacial score (nSPS) is 20.5. The number of carboxylic acid groups (broad SMARTS) is 1. The molecular weight excluding hydrogens is 386 g/mol. The maximum Gasteiger partial charge on any atom is 0.341 e. The Balaban J connectivity index is 2.21. The van der Waals surface area contributed by atoms with Crippen LogP contribution in [-0.2, 0) is 9.53 Å². The molecule has 1 heterocycles. The van der Waals surface area contributed by atoms with Gasteiger partial charge in [0.15, 0.2) is 5.76 Å². The summed E-state index contributed by atoms with van der Waals surface area (Å²) >= 11 is 0. The van der Waals surface area contributed by atoms with Gasteiger partial charge in [-0.25, -0.2) is 4.79 Å². The highest BCUT2D eigenvalue weighted by atomic mass is 16.6. The Morgan fingerprint density at radius 2 is 1.83 bits per heavy atom. The van der Waals surface area contributed by atoms with E-state index in [4.69, 9.17) is 9.26 Å². The molecular formula is C23H37NO6. The first-order valence-electron chi connectivity index (χ1n) is 10.9. The third-order valence-corrected chi connectivity index (χ3v) is 5.40. The van der Waals surface area contributed by atoms with Crippen LogP contribution in [0.2, 0.25) is 0 Å². The Bertz CT molecular complexity index is 734. The molecule has 1 unspecified atom stereocenters. The van der Waals surface area contributed by atoms with Crippen LogP contribution in [0.15, 0.2) is 4.52 Å². The Hall–Kier alpha value is -1.89. The lowest BCUT2D eigenvalue weighted by molar-refractivity contribution is -0.155. The third-order valence-electron chi connectivity index (χ3n) is 5.40. The standard InChI is InChI=1S/C23H37NO6/c1-22(2,3)13-14-10-16(11-14)20-18(21(27)28)19(24-30-20)15(8-7-9-25)12-17(26)29-23(4,5)6/h14-16,25H,7-13H2,1-6H3,(H,27,28). The van der Waals surface area contributed by atoms with Crippen LogP contribution in [-0.4, -0.2) is 39.5 Å². The van der Waals surface area contributed by atoms with Gasteiger partial charge in [0.25, 0.3) is 0 Å². The Kier molecular flexibility index (Phi) is 7.72. The molecule has 0 spiro atoms. The second kappa shape index (κ2) is 9.50. The second-order valence-corrected chi connectivity index (χ2v) is 10.8. The lowest BCUT2D eigenvalue weighted by Gasteiger charge is -2.37. The molecule has 0 amide bonds. The zero-order valence-electron chi connectivity index (χ0n) is 19.2. The minimum atomic E-state index is -1.08. The molecule has 0 aromatic carbocycles. The summed E-state index contributed by atoms with van der Waals surface area (Å²) in [5.74, 6) is -0.956. The predicted octanol–water partition coefficient (Wildman–Crippen LogP) is 4.89. The van der Waals surface area contributed by atoms with E-state index < -0.39 is 23.5 Å². The summed E-state index contributed by atoms with van der Waals surface area (Å²) in [6.07, 6.45) is 3.73. The van der Waals surface area contributed by atoms with Crippen molar-refractivity contribution >= 4 is 11.9 Å². The van der Waals surface area contributed by atoms with Crippen molar-refractivity contribution in [2.45, 2.75) is 97.5 Å². The molecule has 2 rings (SSSR count). The SMILES string of the molecule is CC(C)(C)CC1CC(c2onc(C(CCCO)CC(=O)OC(C)(C)C)c2C(=O)O)C1. The van der Waals surface area contributed by atoms with Gasteiger partial charge in [-0.05, 0) is 64.2 Å². The first kappa shape index (κ1) is 24.4. The molecule has 1 atom stereocenters. The lowest BCUT2D eigenvalue weighted by Crippen LogP contribution is -2.27. The first-order valence-corrected chi connectivity index (χ1v) is 10.9. The van der Waals surface area contributed by atoms with Crippen LogP contribution in [0.3, 0.4) is 0 Å². The zero-order valence-corrected chi connectivity index (χ0v) is 19.2. The van der Waals surface area contributed by atoms with Crippen molar-refractivity contribution < 1.29 is 29.1 Å². The molecule has 0 bridgehead atoms. The molecule has 7 nitrogen and oxygen atoms in total. The third kappa shape index (κ3) is 6.83. The zero-order chi connectivity index (χ0) is 22.7. The van der Waals surface area contributed by atoms with E-state index in [0.717, 1.165) is 19.3 Å². The molecule has 1 saturated carbocycles. The fraction of sp³-hybridized carbons (Fsp3) is 0.783. The van der Waals surface area contributed by atoms with Crippen LogP contribution >= 0.6 is 0 Å². The summed E-state index contributed by atoms with van der Waals surface area (Å²) in [6, 6.07) is 0. The van der Waals surface area contributed by atoms with Crippen LogP contribution < -0.4 is 0 Å². The van der Waals surface area contributed by atoms with Crippen LogP contribution in [0.1, 0.15) is 114 Å². The Morgan fingerprint density at radius 3 is 2.33 bits per heavy atom. The Labute approximate surface area is 179 Å². The lowest BCUT2D eigenvalue weighted by atomic mass is 9.67. The van der Waals surface area contributed by atoms with Gasteiger partial charge in [-0.15, -0.1) is 0 Å². The number of carbonyl (C=O) groups is 2. The van der Waals surface area contributed by atoms with Gasteiger partial charge < -0.3 is 19.5 Å². The van der Waals surface area contributed by atoms with Crippen LogP contribution in [0, 0.1) is 11.3 Å². The summed E-state index contributed by atoms with van der Waals surface area (Å²) in [5.41, 5.74) is -0.0190. The number of aliphatic hydroxyl groups is 1. The average Bonchev–Trinajstić information content (AvgIpc) is 2.96. The molecule has 1 aliphatic carbocycles. The maximum atomic E-state index is 12.4. The number of hydrogen-bond donors (Lipinski definition) is 2. The van der Waals surface area contributed by atoms with E-state index in [9.17, 15) is 19.8 Å². The van der Waals surface area contributed by atoms with Gasteiger partial charge in [-0.3, -0.25) is 4.79 Å². The minimum absolute atomic E-state index is 0.000832. The van der Waals surface area contributed by atoms with Crippen LogP contribution in [0.4, 0.5) is 0 Å².